The lowest BCUT2D eigenvalue weighted by atomic mass is 9.68. The number of anilines is 1. The van der Waals surface area contributed by atoms with Crippen molar-refractivity contribution >= 4 is 40.8 Å². The van der Waals surface area contributed by atoms with Gasteiger partial charge in [0.05, 0.1) is 35.6 Å². The highest BCUT2D eigenvalue weighted by atomic mass is 35.5. The maximum Gasteiger partial charge on any atom is 0.356 e. The minimum Gasteiger partial charge on any atom is -0.464 e. The summed E-state index contributed by atoms with van der Waals surface area (Å²) in [5.41, 5.74) is 5.76. The van der Waals surface area contributed by atoms with Gasteiger partial charge in [0.15, 0.2) is 0 Å². The zero-order valence-electron chi connectivity index (χ0n) is 22.4. The Morgan fingerprint density at radius 3 is 2.48 bits per heavy atom. The monoisotopic (exact) mass is 590 g/mol. The van der Waals surface area contributed by atoms with Crippen LogP contribution >= 0.6 is 23.2 Å². The van der Waals surface area contributed by atoms with E-state index in [-0.39, 0.29) is 38.0 Å². The molecule has 0 unspecified atom stereocenters. The number of nitrogens with one attached hydrogen (secondary N) is 2. The molecule has 0 bridgehead atoms. The summed E-state index contributed by atoms with van der Waals surface area (Å²) in [6, 6.07) is 9.68. The molecule has 1 fully saturated rings. The molecule has 2 aromatic carbocycles. The average molecular weight is 591 g/mol. The highest BCUT2D eigenvalue weighted by Crippen LogP contribution is 2.50. The molecule has 4 N–H and O–H groups in total. The largest absolute Gasteiger partial charge is 0.464 e. The summed E-state index contributed by atoms with van der Waals surface area (Å²) in [6.45, 7) is 5.97. The second-order valence-corrected chi connectivity index (χ2v) is 11.9. The third-order valence-electron chi connectivity index (χ3n) is 7.04. The Morgan fingerprint density at radius 2 is 1.88 bits per heavy atom. The van der Waals surface area contributed by atoms with Crippen molar-refractivity contribution < 1.29 is 23.1 Å². The molecule has 7 nitrogen and oxygen atoms in total. The first-order valence-electron chi connectivity index (χ1n) is 12.6. The maximum atomic E-state index is 15.6. The molecule has 212 valence electrons. The van der Waals surface area contributed by atoms with Crippen LogP contribution in [0, 0.1) is 17.0 Å². The molecule has 1 amide bonds. The first-order chi connectivity index (χ1) is 18.8. The van der Waals surface area contributed by atoms with Gasteiger partial charge in [-0.15, -0.1) is 0 Å². The predicted octanol–water partition coefficient (Wildman–Crippen LogP) is 5.81. The van der Waals surface area contributed by atoms with Crippen LogP contribution in [0.15, 0.2) is 54.7 Å². The molecule has 1 aromatic heterocycles. The van der Waals surface area contributed by atoms with Crippen LogP contribution in [-0.4, -0.2) is 36.1 Å². The summed E-state index contributed by atoms with van der Waals surface area (Å²) in [6.07, 6.45) is 1.72. The molecule has 1 aliphatic heterocycles. The molecule has 4 atom stereocenters. The van der Waals surface area contributed by atoms with E-state index in [1.165, 1.54) is 49.7 Å². The highest BCUT2D eigenvalue weighted by molar-refractivity contribution is 6.31. The van der Waals surface area contributed by atoms with Crippen molar-refractivity contribution in [2.45, 2.75) is 50.7 Å². The number of hydrogen-bond acceptors (Lipinski definition) is 6. The Morgan fingerprint density at radius 1 is 1.15 bits per heavy atom. The number of hydrogen-bond donors (Lipinski definition) is 3. The summed E-state index contributed by atoms with van der Waals surface area (Å²) in [5, 5.41) is 6.06. The Bertz CT molecular complexity index is 1430. The number of carbonyl (C=O) groups excluding carboxylic acids is 2. The second kappa shape index (κ2) is 11.4. The third-order valence-corrected chi connectivity index (χ3v) is 7.57. The van der Waals surface area contributed by atoms with E-state index in [0.29, 0.717) is 6.42 Å². The van der Waals surface area contributed by atoms with Gasteiger partial charge in [-0.05, 0) is 47.7 Å². The van der Waals surface area contributed by atoms with Gasteiger partial charge in [0.25, 0.3) is 0 Å². The van der Waals surface area contributed by atoms with E-state index in [4.69, 9.17) is 28.9 Å². The van der Waals surface area contributed by atoms with Crippen LogP contribution in [0.4, 0.5) is 14.5 Å². The SMILES string of the molecule is COC(=O)c1ccc(NC(=O)[C@@H]2N[C@@H](CC(C)(C)C)[C@](N)(c3ccc(Cl)cc3F)[C@H]2c2cccc(Cl)c2F)cn1. The van der Waals surface area contributed by atoms with Gasteiger partial charge in [0.2, 0.25) is 5.91 Å². The summed E-state index contributed by atoms with van der Waals surface area (Å²) in [7, 11) is 1.23. The molecule has 1 saturated heterocycles. The maximum absolute atomic E-state index is 15.6. The Labute approximate surface area is 241 Å². The summed E-state index contributed by atoms with van der Waals surface area (Å²) >= 11 is 12.2. The van der Waals surface area contributed by atoms with Crippen molar-refractivity contribution in [2.75, 3.05) is 12.4 Å². The van der Waals surface area contributed by atoms with Gasteiger partial charge in [-0.2, -0.15) is 0 Å². The smallest absolute Gasteiger partial charge is 0.356 e. The molecule has 0 spiro atoms. The van der Waals surface area contributed by atoms with Crippen molar-refractivity contribution in [2.24, 2.45) is 11.1 Å². The van der Waals surface area contributed by atoms with E-state index >= 15 is 8.78 Å². The van der Waals surface area contributed by atoms with Crippen molar-refractivity contribution in [1.29, 1.82) is 0 Å². The van der Waals surface area contributed by atoms with Gasteiger partial charge < -0.3 is 21.1 Å². The number of nitrogens with two attached hydrogens (primary N) is 1. The number of nitrogens with zero attached hydrogens (tertiary/aromatic N) is 1. The van der Waals surface area contributed by atoms with E-state index in [2.05, 4.69) is 20.4 Å². The molecule has 2 heterocycles. The molecule has 3 aromatic rings. The zero-order valence-corrected chi connectivity index (χ0v) is 23.9. The fourth-order valence-electron chi connectivity index (χ4n) is 5.32. The molecule has 0 saturated carbocycles. The topological polar surface area (TPSA) is 106 Å². The predicted molar refractivity (Wildman–Crippen MR) is 150 cm³/mol. The lowest BCUT2D eigenvalue weighted by Crippen LogP contribution is -2.52. The zero-order chi connectivity index (χ0) is 29.4. The molecule has 0 aliphatic carbocycles. The van der Waals surface area contributed by atoms with E-state index in [0.717, 1.165) is 6.07 Å². The summed E-state index contributed by atoms with van der Waals surface area (Å²) in [4.78, 5) is 29.6. The van der Waals surface area contributed by atoms with Gasteiger partial charge in [-0.25, -0.2) is 18.6 Å². The fourth-order valence-corrected chi connectivity index (χ4v) is 5.66. The van der Waals surface area contributed by atoms with E-state index in [1.54, 1.807) is 6.07 Å². The van der Waals surface area contributed by atoms with Crippen molar-refractivity contribution in [3.8, 4) is 0 Å². The summed E-state index contributed by atoms with van der Waals surface area (Å²) < 4.78 is 35.9. The third kappa shape index (κ3) is 5.83. The Hall–Kier alpha value is -3.11. The molecular weight excluding hydrogens is 561 g/mol. The van der Waals surface area contributed by atoms with Crippen LogP contribution < -0.4 is 16.4 Å². The van der Waals surface area contributed by atoms with E-state index < -0.39 is 47.1 Å². The number of rotatable bonds is 6. The first-order valence-corrected chi connectivity index (χ1v) is 13.3. The van der Waals surface area contributed by atoms with E-state index in [9.17, 15) is 9.59 Å². The molecule has 4 rings (SSSR count). The van der Waals surface area contributed by atoms with Gasteiger partial charge in [0, 0.05) is 22.5 Å². The van der Waals surface area contributed by atoms with Gasteiger partial charge in [0.1, 0.15) is 17.3 Å². The second-order valence-electron chi connectivity index (χ2n) is 11.1. The van der Waals surface area contributed by atoms with Crippen LogP contribution in [-0.2, 0) is 15.1 Å². The lowest BCUT2D eigenvalue weighted by molar-refractivity contribution is -0.118. The van der Waals surface area contributed by atoms with Crippen molar-refractivity contribution in [1.82, 2.24) is 10.3 Å². The highest BCUT2D eigenvalue weighted by Gasteiger charge is 2.58. The summed E-state index contributed by atoms with van der Waals surface area (Å²) in [5.74, 6) is -3.70. The minimum absolute atomic E-state index is 0.0581. The normalized spacial score (nSPS) is 22.7. The quantitative estimate of drug-likeness (QED) is 0.313. The molecule has 40 heavy (non-hydrogen) atoms. The van der Waals surface area contributed by atoms with Crippen LogP contribution in [0.25, 0.3) is 0 Å². The molecule has 0 radical (unpaired) electrons. The number of halogens is 4. The number of esters is 1. The van der Waals surface area contributed by atoms with E-state index in [1.807, 2.05) is 20.8 Å². The standard InChI is InChI=1S/C29H30Cl2F2N4O3/c1-28(2,3)13-22-29(34,18-10-8-15(30)12-20(18)32)23(17-6-5-7-19(31)24(17)33)25(37-22)26(38)36-16-9-11-21(35-14-16)27(39)40-4/h5-12,14,22-23,25,37H,13,34H2,1-4H3,(H,36,38)/t22-,23-,25+,29+/m0/s1. The number of ether oxygens (including phenoxy) is 1. The van der Waals surface area contributed by atoms with Gasteiger partial charge >= 0.3 is 5.97 Å². The Kier molecular flexibility index (Phi) is 8.52. The molecule has 11 heteroatoms. The number of aromatic nitrogens is 1. The Balaban J connectivity index is 1.85. The van der Waals surface area contributed by atoms with Crippen molar-refractivity contribution in [3.63, 3.8) is 0 Å². The minimum atomic E-state index is -1.59. The number of benzene rings is 2. The van der Waals surface area contributed by atoms with Gasteiger partial charge in [-0.1, -0.05) is 62.2 Å². The van der Waals surface area contributed by atoms with Crippen LogP contribution in [0.2, 0.25) is 10.0 Å². The molecular formula is C29H30Cl2F2N4O3. The average Bonchev–Trinajstić information content (AvgIpc) is 3.16. The number of methoxy groups -OCH3 is 1. The number of amides is 1. The van der Waals surface area contributed by atoms with Gasteiger partial charge in [-0.3, -0.25) is 4.79 Å². The fraction of sp³-hybridized carbons (Fsp3) is 0.345. The van der Waals surface area contributed by atoms with Crippen molar-refractivity contribution in [3.05, 3.63) is 93.2 Å². The van der Waals surface area contributed by atoms with Crippen LogP contribution in [0.5, 0.6) is 0 Å². The molecule has 1 aliphatic rings. The lowest BCUT2D eigenvalue weighted by Gasteiger charge is -2.40. The van der Waals surface area contributed by atoms with Crippen LogP contribution in [0.3, 0.4) is 0 Å². The number of carbonyl (C=O) groups is 2. The first kappa shape index (κ1) is 29.9. The van der Waals surface area contributed by atoms with Crippen LogP contribution in [0.1, 0.15) is 54.7 Å². The number of pyridine rings is 1.